The largest absolute Gasteiger partial charge is 0.352 e. The second kappa shape index (κ2) is 13.7. The van der Waals surface area contributed by atoms with E-state index in [2.05, 4.69) is 17.4 Å². The SMILES string of the molecule is CC[C@@H](C(=O)NC1CCCCC1)N(Cc1ccc(Cl)c(Cl)c1)C(=O)CN(c1ccc(C23CC4CC(CC(C4)C2)C3)cc1)S(C)(=O)=O. The minimum absolute atomic E-state index is 0.0808. The molecular weight excluding hydrogens is 641 g/mol. The van der Waals surface area contributed by atoms with E-state index in [9.17, 15) is 18.0 Å². The van der Waals surface area contributed by atoms with Gasteiger partial charge in [0.1, 0.15) is 12.6 Å². The first kappa shape index (κ1) is 33.6. The fourth-order valence-corrected chi connectivity index (χ4v) is 10.5. The van der Waals surface area contributed by atoms with Crippen LogP contribution in [0.25, 0.3) is 0 Å². The Balaban J connectivity index is 1.25. The fraction of sp³-hybridized carbons (Fsp3) is 0.611. The van der Waals surface area contributed by atoms with Crippen molar-refractivity contribution < 1.29 is 18.0 Å². The topological polar surface area (TPSA) is 86.8 Å². The molecule has 2 aromatic carbocycles. The molecule has 0 saturated heterocycles. The Hall–Kier alpha value is -2.29. The van der Waals surface area contributed by atoms with Crippen molar-refractivity contribution in [3.8, 4) is 0 Å². The van der Waals surface area contributed by atoms with E-state index >= 15 is 0 Å². The number of hydrogen-bond acceptors (Lipinski definition) is 4. The number of sulfonamides is 1. The van der Waals surface area contributed by atoms with Crippen molar-refractivity contribution in [2.75, 3.05) is 17.1 Å². The summed E-state index contributed by atoms with van der Waals surface area (Å²) in [4.78, 5) is 29.4. The summed E-state index contributed by atoms with van der Waals surface area (Å²) in [6.07, 6.45) is 14.4. The number of halogens is 2. The molecule has 5 aliphatic carbocycles. The third kappa shape index (κ3) is 7.24. The predicted molar refractivity (Wildman–Crippen MR) is 185 cm³/mol. The Kier molecular flexibility index (Phi) is 9.99. The van der Waals surface area contributed by atoms with Crippen LogP contribution in [0.15, 0.2) is 42.5 Å². The highest BCUT2D eigenvalue weighted by atomic mass is 35.5. The van der Waals surface area contributed by atoms with Crippen LogP contribution in [0.1, 0.15) is 95.1 Å². The van der Waals surface area contributed by atoms with E-state index < -0.39 is 28.5 Å². The van der Waals surface area contributed by atoms with Crippen LogP contribution in [-0.4, -0.2) is 50.0 Å². The molecule has 0 aromatic heterocycles. The van der Waals surface area contributed by atoms with Gasteiger partial charge in [0.25, 0.3) is 0 Å². The highest BCUT2D eigenvalue weighted by molar-refractivity contribution is 7.92. The molecular formula is C36H47Cl2N3O4S. The maximum atomic E-state index is 14.2. The second-order valence-electron chi connectivity index (χ2n) is 14.6. The summed E-state index contributed by atoms with van der Waals surface area (Å²) in [6, 6.07) is 12.3. The molecule has 1 atom stereocenters. The van der Waals surface area contributed by atoms with E-state index in [1.807, 2.05) is 19.1 Å². The summed E-state index contributed by atoms with van der Waals surface area (Å²) in [5, 5.41) is 3.92. The van der Waals surface area contributed by atoms with Crippen LogP contribution >= 0.6 is 23.2 Å². The molecule has 5 saturated carbocycles. The first-order valence-corrected chi connectivity index (χ1v) is 19.7. The summed E-state index contributed by atoms with van der Waals surface area (Å²) in [5.74, 6) is 1.75. The second-order valence-corrected chi connectivity index (χ2v) is 17.3. The Bertz CT molecular complexity index is 1510. The van der Waals surface area contributed by atoms with Gasteiger partial charge < -0.3 is 10.2 Å². The lowest BCUT2D eigenvalue weighted by atomic mass is 9.48. The van der Waals surface area contributed by atoms with Crippen molar-refractivity contribution in [3.63, 3.8) is 0 Å². The van der Waals surface area contributed by atoms with Gasteiger partial charge in [-0.25, -0.2) is 8.42 Å². The van der Waals surface area contributed by atoms with E-state index in [-0.39, 0.29) is 23.9 Å². The lowest BCUT2D eigenvalue weighted by molar-refractivity contribution is -0.140. The summed E-state index contributed by atoms with van der Waals surface area (Å²) >= 11 is 12.5. The Labute approximate surface area is 284 Å². The smallest absolute Gasteiger partial charge is 0.244 e. The normalized spacial score (nSPS) is 26.5. The summed E-state index contributed by atoms with van der Waals surface area (Å²) in [6.45, 7) is 1.55. The number of carbonyl (C=O) groups excluding carboxylic acids is 2. The maximum absolute atomic E-state index is 14.2. The van der Waals surface area contributed by atoms with Gasteiger partial charge in [-0.3, -0.25) is 13.9 Å². The van der Waals surface area contributed by atoms with E-state index in [4.69, 9.17) is 23.2 Å². The molecule has 0 spiro atoms. The van der Waals surface area contributed by atoms with Gasteiger partial charge in [-0.1, -0.05) is 67.6 Å². The lowest BCUT2D eigenvalue weighted by Crippen LogP contribution is -2.54. The molecule has 2 aromatic rings. The summed E-state index contributed by atoms with van der Waals surface area (Å²) in [7, 11) is -3.82. The van der Waals surface area contributed by atoms with Crippen LogP contribution in [0.2, 0.25) is 10.0 Å². The average molecular weight is 689 g/mol. The number of amides is 2. The molecule has 7 nitrogen and oxygen atoms in total. The molecule has 0 heterocycles. The maximum Gasteiger partial charge on any atom is 0.244 e. The Morgan fingerprint density at radius 1 is 0.913 bits per heavy atom. The number of nitrogens with one attached hydrogen (secondary N) is 1. The van der Waals surface area contributed by atoms with Crippen LogP contribution < -0.4 is 9.62 Å². The molecule has 0 unspecified atom stereocenters. The lowest BCUT2D eigenvalue weighted by Gasteiger charge is -2.57. The van der Waals surface area contributed by atoms with E-state index in [1.54, 1.807) is 18.2 Å². The number of carbonyl (C=O) groups is 2. The highest BCUT2D eigenvalue weighted by Crippen LogP contribution is 2.60. The van der Waals surface area contributed by atoms with Crippen molar-refractivity contribution in [2.45, 2.75) is 108 Å². The van der Waals surface area contributed by atoms with E-state index in [0.717, 1.165) is 56.1 Å². The quantitative estimate of drug-likeness (QED) is 0.265. The molecule has 0 radical (unpaired) electrons. The number of hydrogen-bond donors (Lipinski definition) is 1. The van der Waals surface area contributed by atoms with Gasteiger partial charge in [-0.05, 0) is 116 Å². The van der Waals surface area contributed by atoms with Crippen molar-refractivity contribution in [3.05, 3.63) is 63.6 Å². The summed E-state index contributed by atoms with van der Waals surface area (Å²) in [5.41, 5.74) is 2.65. The standard InChI is InChI=1S/C36H47Cl2N3O4S/c1-3-33(35(43)39-29-7-5-4-6-8-29)40(22-24-9-14-31(37)32(38)18-24)34(42)23-41(46(2,44)45)30-12-10-28(11-13-30)36-19-25-15-26(20-36)17-27(16-25)21-36/h9-14,18,25-27,29,33H,3-8,15-17,19-23H2,1-2H3,(H,39,43)/t25?,26?,27?,33-,36?/m0/s1. The molecule has 5 fully saturated rings. The molecule has 1 N–H and O–H groups in total. The monoisotopic (exact) mass is 687 g/mol. The van der Waals surface area contributed by atoms with Crippen molar-refractivity contribution >= 4 is 50.7 Å². The first-order valence-electron chi connectivity index (χ1n) is 17.1. The zero-order valence-corrected chi connectivity index (χ0v) is 29.3. The minimum atomic E-state index is -3.82. The molecule has 5 aliphatic rings. The van der Waals surface area contributed by atoms with Crippen molar-refractivity contribution in [1.29, 1.82) is 0 Å². The molecule has 0 aliphatic heterocycles. The molecule has 10 heteroatoms. The molecule has 7 rings (SSSR count). The van der Waals surface area contributed by atoms with Gasteiger partial charge in [0.2, 0.25) is 21.8 Å². The third-order valence-electron chi connectivity index (χ3n) is 11.2. The van der Waals surface area contributed by atoms with Gasteiger partial charge in [-0.2, -0.15) is 0 Å². The van der Waals surface area contributed by atoms with Crippen LogP contribution in [-0.2, 0) is 31.6 Å². The fourth-order valence-electron chi connectivity index (χ4n) is 9.36. The van der Waals surface area contributed by atoms with Crippen LogP contribution in [0.5, 0.6) is 0 Å². The van der Waals surface area contributed by atoms with Crippen LogP contribution in [0.3, 0.4) is 0 Å². The predicted octanol–water partition coefficient (Wildman–Crippen LogP) is 7.48. The summed E-state index contributed by atoms with van der Waals surface area (Å²) < 4.78 is 27.6. The zero-order valence-electron chi connectivity index (χ0n) is 27.0. The van der Waals surface area contributed by atoms with Crippen LogP contribution in [0, 0.1) is 17.8 Å². The van der Waals surface area contributed by atoms with Crippen molar-refractivity contribution in [2.24, 2.45) is 17.8 Å². The Morgan fingerprint density at radius 3 is 2.07 bits per heavy atom. The Morgan fingerprint density at radius 2 is 1.52 bits per heavy atom. The van der Waals surface area contributed by atoms with Gasteiger partial charge >= 0.3 is 0 Å². The average Bonchev–Trinajstić information content (AvgIpc) is 3.01. The van der Waals surface area contributed by atoms with E-state index in [0.29, 0.717) is 27.7 Å². The van der Waals surface area contributed by atoms with Gasteiger partial charge in [-0.15, -0.1) is 0 Å². The molecule has 250 valence electrons. The van der Waals surface area contributed by atoms with Gasteiger partial charge in [0.15, 0.2) is 0 Å². The molecule has 2 amide bonds. The van der Waals surface area contributed by atoms with Crippen molar-refractivity contribution in [1.82, 2.24) is 10.2 Å². The zero-order chi connectivity index (χ0) is 32.6. The number of nitrogens with zero attached hydrogens (tertiary/aromatic N) is 2. The third-order valence-corrected chi connectivity index (χ3v) is 13.0. The molecule has 4 bridgehead atoms. The van der Waals surface area contributed by atoms with Crippen LogP contribution in [0.4, 0.5) is 5.69 Å². The first-order chi connectivity index (χ1) is 21.9. The highest BCUT2D eigenvalue weighted by Gasteiger charge is 2.51. The number of anilines is 1. The van der Waals surface area contributed by atoms with E-state index in [1.165, 1.54) is 53.3 Å². The minimum Gasteiger partial charge on any atom is -0.352 e. The number of rotatable bonds is 11. The van der Waals surface area contributed by atoms with Gasteiger partial charge in [0.05, 0.1) is 22.0 Å². The number of benzene rings is 2. The molecule has 46 heavy (non-hydrogen) atoms. The van der Waals surface area contributed by atoms with Gasteiger partial charge in [0, 0.05) is 12.6 Å².